The Morgan fingerprint density at radius 1 is 0.864 bits per heavy atom. The molecule has 0 aliphatic carbocycles. The molecule has 0 spiro atoms. The first-order valence-corrected chi connectivity index (χ1v) is 7.21. The topological polar surface area (TPSA) is 24.9 Å². The van der Waals surface area contributed by atoms with Crippen molar-refractivity contribution in [2.45, 2.75) is 6.04 Å². The van der Waals surface area contributed by atoms with Gasteiger partial charge in [0.2, 0.25) is 0 Å². The van der Waals surface area contributed by atoms with Gasteiger partial charge in [0.05, 0.1) is 6.04 Å². The lowest BCUT2D eigenvalue weighted by Crippen LogP contribution is -2.17. The smallest absolute Gasteiger partial charge is 0.123 e. The molecule has 1 aromatic heterocycles. The fraction of sp³-hybridized carbons (Fsp3) is 0.105. The summed E-state index contributed by atoms with van der Waals surface area (Å²) < 4.78 is 13.1. The molecule has 0 fully saturated rings. The Morgan fingerprint density at radius 3 is 2.27 bits per heavy atom. The van der Waals surface area contributed by atoms with Crippen molar-refractivity contribution in [2.24, 2.45) is 0 Å². The Labute approximate surface area is 129 Å². The summed E-state index contributed by atoms with van der Waals surface area (Å²) in [6, 6.07) is 18.9. The Balaban J connectivity index is 1.98. The number of benzene rings is 2. The number of nitrogens with zero attached hydrogens (tertiary/aromatic N) is 1. The van der Waals surface area contributed by atoms with E-state index in [0.717, 1.165) is 16.7 Å². The van der Waals surface area contributed by atoms with E-state index in [1.807, 2.05) is 31.4 Å². The lowest BCUT2D eigenvalue weighted by molar-refractivity contribution is 0.628. The zero-order valence-electron chi connectivity index (χ0n) is 12.3. The van der Waals surface area contributed by atoms with Crippen molar-refractivity contribution in [3.8, 4) is 11.1 Å². The minimum absolute atomic E-state index is 0.0779. The van der Waals surface area contributed by atoms with E-state index in [1.54, 1.807) is 18.3 Å². The quantitative estimate of drug-likeness (QED) is 0.779. The van der Waals surface area contributed by atoms with Gasteiger partial charge in [-0.05, 0) is 41.9 Å². The molecule has 3 heteroatoms. The van der Waals surface area contributed by atoms with Gasteiger partial charge in [-0.2, -0.15) is 0 Å². The van der Waals surface area contributed by atoms with E-state index in [2.05, 4.69) is 28.5 Å². The third kappa shape index (κ3) is 3.05. The van der Waals surface area contributed by atoms with Gasteiger partial charge in [-0.15, -0.1) is 0 Å². The van der Waals surface area contributed by atoms with Crippen LogP contribution >= 0.6 is 0 Å². The molecule has 0 aliphatic heterocycles. The lowest BCUT2D eigenvalue weighted by Gasteiger charge is -2.17. The van der Waals surface area contributed by atoms with Gasteiger partial charge in [0.25, 0.3) is 0 Å². The number of aromatic nitrogens is 1. The molecule has 0 saturated heterocycles. The van der Waals surface area contributed by atoms with Crippen LogP contribution in [0.2, 0.25) is 0 Å². The van der Waals surface area contributed by atoms with E-state index in [4.69, 9.17) is 0 Å². The number of rotatable bonds is 4. The fourth-order valence-electron chi connectivity index (χ4n) is 2.59. The normalized spacial score (nSPS) is 12.1. The molecule has 1 atom stereocenters. The van der Waals surface area contributed by atoms with E-state index in [-0.39, 0.29) is 11.9 Å². The predicted octanol–water partition coefficient (Wildman–Crippen LogP) is 4.20. The van der Waals surface area contributed by atoms with E-state index in [9.17, 15) is 4.39 Å². The Morgan fingerprint density at radius 2 is 1.59 bits per heavy atom. The molecular formula is C19H17FN2. The molecule has 1 heterocycles. The summed E-state index contributed by atoms with van der Waals surface area (Å²) in [5.41, 5.74) is 4.20. The zero-order valence-corrected chi connectivity index (χ0v) is 12.3. The van der Waals surface area contributed by atoms with E-state index in [0.29, 0.717) is 0 Å². The predicted molar refractivity (Wildman–Crippen MR) is 87.0 cm³/mol. The molecule has 1 unspecified atom stereocenters. The van der Waals surface area contributed by atoms with Crippen LogP contribution in [0.3, 0.4) is 0 Å². The van der Waals surface area contributed by atoms with E-state index in [1.165, 1.54) is 17.7 Å². The molecule has 3 aromatic rings. The van der Waals surface area contributed by atoms with Crippen LogP contribution in [0, 0.1) is 5.82 Å². The third-order valence-electron chi connectivity index (χ3n) is 3.69. The monoisotopic (exact) mass is 292 g/mol. The maximum atomic E-state index is 13.1. The Hall–Kier alpha value is -2.52. The molecule has 0 amide bonds. The molecule has 22 heavy (non-hydrogen) atoms. The highest BCUT2D eigenvalue weighted by Gasteiger charge is 2.12. The van der Waals surface area contributed by atoms with Crippen molar-refractivity contribution < 1.29 is 4.39 Å². The van der Waals surface area contributed by atoms with Crippen molar-refractivity contribution >= 4 is 0 Å². The summed E-state index contributed by atoms with van der Waals surface area (Å²) in [4.78, 5) is 4.34. The summed E-state index contributed by atoms with van der Waals surface area (Å²) in [7, 11) is 1.93. The minimum Gasteiger partial charge on any atom is -0.309 e. The summed E-state index contributed by atoms with van der Waals surface area (Å²) in [6.45, 7) is 0. The number of hydrogen-bond acceptors (Lipinski definition) is 2. The summed E-state index contributed by atoms with van der Waals surface area (Å²) in [5, 5.41) is 3.32. The Bertz CT molecular complexity index is 739. The van der Waals surface area contributed by atoms with Crippen molar-refractivity contribution in [1.29, 1.82) is 0 Å². The number of nitrogens with one attached hydrogen (secondary N) is 1. The number of pyridine rings is 1. The second-order valence-electron chi connectivity index (χ2n) is 5.15. The third-order valence-corrected chi connectivity index (χ3v) is 3.69. The number of halogens is 1. The summed E-state index contributed by atoms with van der Waals surface area (Å²) in [6.07, 6.45) is 3.66. The molecule has 1 N–H and O–H groups in total. The molecule has 2 aromatic carbocycles. The Kier molecular flexibility index (Phi) is 4.26. The highest BCUT2D eigenvalue weighted by molar-refractivity contribution is 5.63. The van der Waals surface area contributed by atoms with Crippen molar-refractivity contribution in [1.82, 2.24) is 10.3 Å². The first-order valence-electron chi connectivity index (χ1n) is 7.21. The van der Waals surface area contributed by atoms with E-state index < -0.39 is 0 Å². The molecule has 3 rings (SSSR count). The maximum Gasteiger partial charge on any atom is 0.123 e. The highest BCUT2D eigenvalue weighted by atomic mass is 19.1. The van der Waals surface area contributed by atoms with Crippen LogP contribution in [-0.2, 0) is 0 Å². The van der Waals surface area contributed by atoms with Gasteiger partial charge in [-0.25, -0.2) is 4.39 Å². The largest absolute Gasteiger partial charge is 0.309 e. The van der Waals surface area contributed by atoms with Gasteiger partial charge in [0.15, 0.2) is 0 Å². The van der Waals surface area contributed by atoms with Crippen LogP contribution in [0.25, 0.3) is 11.1 Å². The minimum atomic E-state index is -0.231. The standard InChI is InChI=1S/C19H17FN2/c1-21-19(15-5-3-2-4-6-15)17-11-16(12-22-13-17)14-7-9-18(20)10-8-14/h2-13,19,21H,1H3. The molecule has 0 bridgehead atoms. The van der Waals surface area contributed by atoms with Crippen molar-refractivity contribution in [3.05, 3.63) is 90.0 Å². The second-order valence-corrected chi connectivity index (χ2v) is 5.15. The first kappa shape index (κ1) is 14.4. The SMILES string of the molecule is CNC(c1ccccc1)c1cncc(-c2ccc(F)cc2)c1. The fourth-order valence-corrected chi connectivity index (χ4v) is 2.59. The van der Waals surface area contributed by atoms with Crippen LogP contribution in [0.5, 0.6) is 0 Å². The highest BCUT2D eigenvalue weighted by Crippen LogP contribution is 2.26. The van der Waals surface area contributed by atoms with Gasteiger partial charge < -0.3 is 5.32 Å². The summed E-state index contributed by atoms with van der Waals surface area (Å²) in [5.74, 6) is -0.231. The number of hydrogen-bond donors (Lipinski definition) is 1. The molecular weight excluding hydrogens is 275 g/mol. The average Bonchev–Trinajstić information content (AvgIpc) is 2.57. The first-order chi connectivity index (χ1) is 10.8. The average molecular weight is 292 g/mol. The van der Waals surface area contributed by atoms with Crippen LogP contribution in [0.1, 0.15) is 17.2 Å². The molecule has 0 radical (unpaired) electrons. The second kappa shape index (κ2) is 6.50. The molecule has 0 saturated carbocycles. The van der Waals surface area contributed by atoms with E-state index >= 15 is 0 Å². The van der Waals surface area contributed by atoms with Gasteiger partial charge in [-0.1, -0.05) is 42.5 Å². The van der Waals surface area contributed by atoms with Gasteiger partial charge in [-0.3, -0.25) is 4.98 Å². The van der Waals surface area contributed by atoms with Gasteiger partial charge in [0, 0.05) is 18.0 Å². The van der Waals surface area contributed by atoms with Crippen LogP contribution in [-0.4, -0.2) is 12.0 Å². The maximum absolute atomic E-state index is 13.1. The van der Waals surface area contributed by atoms with Crippen molar-refractivity contribution in [2.75, 3.05) is 7.05 Å². The summed E-state index contributed by atoms with van der Waals surface area (Å²) >= 11 is 0. The molecule has 0 aliphatic rings. The van der Waals surface area contributed by atoms with Gasteiger partial charge in [0.1, 0.15) is 5.82 Å². The molecule has 110 valence electrons. The molecule has 2 nitrogen and oxygen atoms in total. The van der Waals surface area contributed by atoms with Crippen molar-refractivity contribution in [3.63, 3.8) is 0 Å². The lowest BCUT2D eigenvalue weighted by atomic mass is 9.97. The van der Waals surface area contributed by atoms with Gasteiger partial charge >= 0.3 is 0 Å². The zero-order chi connectivity index (χ0) is 15.4. The van der Waals surface area contributed by atoms with Crippen LogP contribution in [0.4, 0.5) is 4.39 Å². The van der Waals surface area contributed by atoms with Crippen LogP contribution < -0.4 is 5.32 Å². The van der Waals surface area contributed by atoms with Crippen LogP contribution in [0.15, 0.2) is 73.1 Å².